The molecular formula is C18H23ClN2S. The molecule has 0 radical (unpaired) electrons. The molecule has 0 aliphatic heterocycles. The van der Waals surface area contributed by atoms with Gasteiger partial charge in [0.05, 0.1) is 0 Å². The average Bonchev–Trinajstić information content (AvgIpc) is 2.44. The summed E-state index contributed by atoms with van der Waals surface area (Å²) in [5.74, 6) is 2.97. The maximum atomic E-state index is 6.01. The summed E-state index contributed by atoms with van der Waals surface area (Å²) < 4.78 is 0. The van der Waals surface area contributed by atoms with Gasteiger partial charge in [0.15, 0.2) is 5.11 Å². The molecule has 0 amide bonds. The first kappa shape index (κ1) is 14.8. The lowest BCUT2D eigenvalue weighted by atomic mass is 9.49. The summed E-state index contributed by atoms with van der Waals surface area (Å²) in [6, 6.07) is 7.70. The monoisotopic (exact) mass is 334 g/mol. The van der Waals surface area contributed by atoms with Gasteiger partial charge < -0.3 is 10.6 Å². The van der Waals surface area contributed by atoms with Crippen LogP contribution in [0.4, 0.5) is 5.69 Å². The van der Waals surface area contributed by atoms with Crippen LogP contribution in [0.15, 0.2) is 24.3 Å². The third kappa shape index (κ3) is 2.98. The van der Waals surface area contributed by atoms with Crippen LogP contribution >= 0.6 is 23.8 Å². The van der Waals surface area contributed by atoms with E-state index in [4.69, 9.17) is 23.8 Å². The molecule has 0 unspecified atom stereocenters. The van der Waals surface area contributed by atoms with Crippen molar-refractivity contribution in [3.8, 4) is 0 Å². The van der Waals surface area contributed by atoms with Gasteiger partial charge >= 0.3 is 0 Å². The molecule has 4 saturated carbocycles. The number of nitrogens with one attached hydrogen (secondary N) is 2. The van der Waals surface area contributed by atoms with Gasteiger partial charge in [0.2, 0.25) is 0 Å². The fourth-order valence-corrected chi connectivity index (χ4v) is 5.90. The van der Waals surface area contributed by atoms with E-state index in [9.17, 15) is 0 Å². The predicted octanol–water partition coefficient (Wildman–Crippen LogP) is 4.84. The van der Waals surface area contributed by atoms with Gasteiger partial charge in [-0.2, -0.15) is 0 Å². The van der Waals surface area contributed by atoms with E-state index in [0.717, 1.165) is 40.1 Å². The molecule has 0 spiro atoms. The molecule has 1 aromatic carbocycles. The van der Waals surface area contributed by atoms with Gasteiger partial charge in [-0.05, 0) is 92.1 Å². The van der Waals surface area contributed by atoms with Crippen molar-refractivity contribution in [2.75, 3.05) is 11.9 Å². The van der Waals surface area contributed by atoms with Crippen LogP contribution < -0.4 is 10.6 Å². The zero-order chi connectivity index (χ0) is 15.2. The average molecular weight is 335 g/mol. The summed E-state index contributed by atoms with van der Waals surface area (Å²) in [5, 5.41) is 8.19. The Morgan fingerprint density at radius 2 is 1.77 bits per heavy atom. The Kier molecular flexibility index (Phi) is 3.82. The highest BCUT2D eigenvalue weighted by molar-refractivity contribution is 7.80. The first-order valence-corrected chi connectivity index (χ1v) is 9.19. The Bertz CT molecular complexity index is 551. The number of anilines is 1. The van der Waals surface area contributed by atoms with Gasteiger partial charge in [-0.3, -0.25) is 0 Å². The summed E-state index contributed by atoms with van der Waals surface area (Å²) in [6.07, 6.45) is 8.70. The summed E-state index contributed by atoms with van der Waals surface area (Å²) in [5.41, 5.74) is 1.46. The van der Waals surface area contributed by atoms with E-state index in [0.29, 0.717) is 5.41 Å². The zero-order valence-electron chi connectivity index (χ0n) is 12.8. The number of thiocarbonyl (C=S) groups is 1. The van der Waals surface area contributed by atoms with E-state index in [1.807, 2.05) is 24.3 Å². The highest BCUT2D eigenvalue weighted by atomic mass is 35.5. The molecule has 1 aromatic rings. The third-order valence-corrected chi connectivity index (χ3v) is 6.35. The molecule has 4 aliphatic carbocycles. The molecule has 4 bridgehead atoms. The normalized spacial score (nSPS) is 35.4. The zero-order valence-corrected chi connectivity index (χ0v) is 14.3. The minimum absolute atomic E-state index is 0.509. The fourth-order valence-electron chi connectivity index (χ4n) is 5.52. The van der Waals surface area contributed by atoms with Gasteiger partial charge in [-0.1, -0.05) is 17.7 Å². The van der Waals surface area contributed by atoms with Gasteiger partial charge in [-0.25, -0.2) is 0 Å². The number of hydrogen-bond donors (Lipinski definition) is 2. The van der Waals surface area contributed by atoms with Crippen LogP contribution in [0.2, 0.25) is 5.02 Å². The Labute approximate surface area is 143 Å². The maximum absolute atomic E-state index is 6.01. The maximum Gasteiger partial charge on any atom is 0.170 e. The van der Waals surface area contributed by atoms with E-state index in [-0.39, 0.29) is 0 Å². The Morgan fingerprint density at radius 1 is 1.14 bits per heavy atom. The quantitative estimate of drug-likeness (QED) is 0.773. The second-order valence-electron chi connectivity index (χ2n) is 7.74. The van der Waals surface area contributed by atoms with Crippen LogP contribution in [-0.4, -0.2) is 11.7 Å². The lowest BCUT2D eigenvalue weighted by Crippen LogP contribution is -2.51. The summed E-state index contributed by atoms with van der Waals surface area (Å²) >= 11 is 11.5. The standard InChI is InChI=1S/C18H23ClN2S/c19-15-2-1-3-16(7-15)21-17(22)20-11-18-8-12-4-13(9-18)6-14(5-12)10-18/h1-3,7,12-14H,4-6,8-11H2,(H2,20,21,22). The predicted molar refractivity (Wildman–Crippen MR) is 96.3 cm³/mol. The van der Waals surface area contributed by atoms with Gasteiger partial charge in [0, 0.05) is 17.3 Å². The Morgan fingerprint density at radius 3 is 2.36 bits per heavy atom. The smallest absolute Gasteiger partial charge is 0.170 e. The van der Waals surface area contributed by atoms with Crippen molar-refractivity contribution in [1.82, 2.24) is 5.32 Å². The largest absolute Gasteiger partial charge is 0.362 e. The lowest BCUT2D eigenvalue weighted by Gasteiger charge is -2.57. The first-order valence-electron chi connectivity index (χ1n) is 8.41. The van der Waals surface area contributed by atoms with Crippen LogP contribution in [0.1, 0.15) is 38.5 Å². The number of rotatable bonds is 3. The third-order valence-electron chi connectivity index (χ3n) is 5.87. The van der Waals surface area contributed by atoms with E-state index in [1.54, 1.807) is 0 Å². The van der Waals surface area contributed by atoms with Crippen molar-refractivity contribution < 1.29 is 0 Å². The Hall–Kier alpha value is -0.800. The van der Waals surface area contributed by atoms with Gasteiger partial charge in [0.25, 0.3) is 0 Å². The molecule has 0 heterocycles. The van der Waals surface area contributed by atoms with Crippen molar-refractivity contribution in [2.24, 2.45) is 23.2 Å². The Balaban J connectivity index is 1.35. The molecular weight excluding hydrogens is 312 g/mol. The summed E-state index contributed by atoms with van der Waals surface area (Å²) in [6.45, 7) is 1.03. The topological polar surface area (TPSA) is 24.1 Å². The number of benzene rings is 1. The highest BCUT2D eigenvalue weighted by Gasteiger charge is 2.50. The SMILES string of the molecule is S=C(NCC12CC3CC(CC(C3)C1)C2)Nc1cccc(Cl)c1. The first-order chi connectivity index (χ1) is 10.6. The van der Waals surface area contributed by atoms with Crippen molar-refractivity contribution >= 4 is 34.6 Å². The van der Waals surface area contributed by atoms with Crippen LogP contribution in [0, 0.1) is 23.2 Å². The molecule has 22 heavy (non-hydrogen) atoms. The lowest BCUT2D eigenvalue weighted by molar-refractivity contribution is -0.0490. The van der Waals surface area contributed by atoms with Crippen molar-refractivity contribution in [2.45, 2.75) is 38.5 Å². The second kappa shape index (κ2) is 5.68. The summed E-state index contributed by atoms with van der Waals surface area (Å²) in [7, 11) is 0. The van der Waals surface area contributed by atoms with E-state index in [2.05, 4.69) is 10.6 Å². The minimum Gasteiger partial charge on any atom is -0.362 e. The molecule has 4 heteroatoms. The number of halogens is 1. The van der Waals surface area contributed by atoms with Gasteiger partial charge in [0.1, 0.15) is 0 Å². The highest BCUT2D eigenvalue weighted by Crippen LogP contribution is 2.59. The molecule has 118 valence electrons. The summed E-state index contributed by atoms with van der Waals surface area (Å²) in [4.78, 5) is 0. The number of hydrogen-bond acceptors (Lipinski definition) is 1. The molecule has 0 atom stereocenters. The molecule has 4 fully saturated rings. The van der Waals surface area contributed by atoms with E-state index >= 15 is 0 Å². The second-order valence-corrected chi connectivity index (χ2v) is 8.58. The van der Waals surface area contributed by atoms with Crippen molar-refractivity contribution in [1.29, 1.82) is 0 Å². The van der Waals surface area contributed by atoms with Gasteiger partial charge in [-0.15, -0.1) is 0 Å². The molecule has 2 N–H and O–H groups in total. The van der Waals surface area contributed by atoms with Crippen molar-refractivity contribution in [3.05, 3.63) is 29.3 Å². The van der Waals surface area contributed by atoms with E-state index in [1.165, 1.54) is 38.5 Å². The molecule has 2 nitrogen and oxygen atoms in total. The van der Waals surface area contributed by atoms with Crippen LogP contribution in [-0.2, 0) is 0 Å². The van der Waals surface area contributed by atoms with Crippen molar-refractivity contribution in [3.63, 3.8) is 0 Å². The molecule has 0 aromatic heterocycles. The van der Waals surface area contributed by atoms with Crippen LogP contribution in [0.25, 0.3) is 0 Å². The van der Waals surface area contributed by atoms with E-state index < -0.39 is 0 Å². The molecule has 4 aliphatic rings. The fraction of sp³-hybridized carbons (Fsp3) is 0.611. The van der Waals surface area contributed by atoms with Crippen LogP contribution in [0.3, 0.4) is 0 Å². The molecule has 0 saturated heterocycles. The molecule has 5 rings (SSSR count). The minimum atomic E-state index is 0.509. The van der Waals surface area contributed by atoms with Crippen LogP contribution in [0.5, 0.6) is 0 Å².